The van der Waals surface area contributed by atoms with Crippen LogP contribution in [0.25, 0.3) is 0 Å². The summed E-state index contributed by atoms with van der Waals surface area (Å²) in [5.74, 6) is -0.180. The Morgan fingerprint density at radius 1 is 1.06 bits per heavy atom. The van der Waals surface area contributed by atoms with Crippen molar-refractivity contribution in [1.29, 1.82) is 0 Å². The van der Waals surface area contributed by atoms with Crippen LogP contribution in [-0.2, 0) is 16.0 Å². The average molecular weight is 461 g/mol. The second kappa shape index (κ2) is 10.8. The summed E-state index contributed by atoms with van der Waals surface area (Å²) in [6, 6.07) is 7.28. The molecule has 1 aliphatic rings. The first-order valence-electron chi connectivity index (χ1n) is 10.3. The van der Waals surface area contributed by atoms with Gasteiger partial charge in [-0.2, -0.15) is 0 Å². The fraction of sp³-hybridized carbons (Fsp3) is 0.429. The van der Waals surface area contributed by atoms with Gasteiger partial charge in [-0.1, -0.05) is 0 Å². The van der Waals surface area contributed by atoms with Crippen LogP contribution in [0, 0.1) is 0 Å². The first-order chi connectivity index (χ1) is 15.4. The van der Waals surface area contributed by atoms with Gasteiger partial charge < -0.3 is 24.8 Å². The number of benzene rings is 1. The molecule has 1 aliphatic heterocycles. The Morgan fingerprint density at radius 3 is 2.34 bits per heavy atom. The van der Waals surface area contributed by atoms with Crippen molar-refractivity contribution in [2.75, 3.05) is 62.4 Å². The molecule has 11 heteroatoms. The van der Waals surface area contributed by atoms with Crippen LogP contribution in [0.2, 0.25) is 0 Å². The van der Waals surface area contributed by atoms with Gasteiger partial charge in [-0.15, -0.1) is 11.3 Å². The highest BCUT2D eigenvalue weighted by Gasteiger charge is 2.25. The minimum atomic E-state index is -0.357. The summed E-state index contributed by atoms with van der Waals surface area (Å²) < 4.78 is 4.98. The Kier molecular flexibility index (Phi) is 7.87. The van der Waals surface area contributed by atoms with Crippen molar-refractivity contribution in [2.24, 2.45) is 0 Å². The van der Waals surface area contributed by atoms with E-state index in [0.717, 1.165) is 5.69 Å². The normalized spacial score (nSPS) is 13.5. The number of aromatic nitrogens is 1. The van der Waals surface area contributed by atoms with Gasteiger partial charge in [0.05, 0.1) is 18.7 Å². The molecule has 0 aliphatic carbocycles. The highest BCUT2D eigenvalue weighted by molar-refractivity contribution is 7.13. The predicted octanol–water partition coefficient (Wildman–Crippen LogP) is 2.70. The lowest BCUT2D eigenvalue weighted by molar-refractivity contribution is -0.115. The number of urea groups is 1. The smallest absolute Gasteiger partial charge is 0.409 e. The van der Waals surface area contributed by atoms with Crippen LogP contribution in [0.4, 0.5) is 26.1 Å². The topological polar surface area (TPSA) is 107 Å². The molecular weight excluding hydrogens is 432 g/mol. The maximum atomic E-state index is 12.5. The number of carbonyl (C=O) groups excluding carboxylic acids is 3. The fourth-order valence-electron chi connectivity index (χ4n) is 3.14. The molecule has 172 valence electrons. The first-order valence-corrected chi connectivity index (χ1v) is 11.2. The number of thiazole rings is 1. The second-order valence-electron chi connectivity index (χ2n) is 7.41. The number of nitrogens with one attached hydrogen (secondary N) is 2. The van der Waals surface area contributed by atoms with Crippen molar-refractivity contribution in [3.63, 3.8) is 0 Å². The van der Waals surface area contributed by atoms with Crippen molar-refractivity contribution in [1.82, 2.24) is 14.8 Å². The maximum absolute atomic E-state index is 12.5. The van der Waals surface area contributed by atoms with Crippen LogP contribution in [0.5, 0.6) is 0 Å². The third-order valence-electron chi connectivity index (χ3n) is 4.87. The lowest BCUT2D eigenvalue weighted by Crippen LogP contribution is -2.51. The van der Waals surface area contributed by atoms with E-state index in [1.54, 1.807) is 22.1 Å². The van der Waals surface area contributed by atoms with E-state index in [4.69, 9.17) is 4.74 Å². The lowest BCUT2D eigenvalue weighted by atomic mass is 10.2. The first kappa shape index (κ1) is 23.3. The molecule has 4 amide bonds. The number of piperazine rings is 1. The molecule has 1 aromatic carbocycles. The van der Waals surface area contributed by atoms with Crippen molar-refractivity contribution in [3.05, 3.63) is 35.3 Å². The molecule has 0 bridgehead atoms. The number of carbonyl (C=O) groups is 3. The van der Waals surface area contributed by atoms with E-state index in [0.29, 0.717) is 49.3 Å². The molecule has 2 N–H and O–H groups in total. The molecule has 1 saturated heterocycles. The van der Waals surface area contributed by atoms with Gasteiger partial charge in [0.25, 0.3) is 0 Å². The molecule has 0 atom stereocenters. The fourth-order valence-corrected chi connectivity index (χ4v) is 3.84. The van der Waals surface area contributed by atoms with Crippen LogP contribution in [0.1, 0.15) is 12.6 Å². The lowest BCUT2D eigenvalue weighted by Gasteiger charge is -2.33. The van der Waals surface area contributed by atoms with Gasteiger partial charge in [-0.3, -0.25) is 10.1 Å². The summed E-state index contributed by atoms with van der Waals surface area (Å²) in [5, 5.41) is 7.80. The molecule has 0 radical (unpaired) electrons. The van der Waals surface area contributed by atoms with Crippen LogP contribution < -0.4 is 15.5 Å². The highest BCUT2D eigenvalue weighted by atomic mass is 32.1. The van der Waals surface area contributed by atoms with Gasteiger partial charge >= 0.3 is 12.1 Å². The van der Waals surface area contributed by atoms with E-state index in [2.05, 4.69) is 15.6 Å². The zero-order valence-corrected chi connectivity index (χ0v) is 19.3. The summed E-state index contributed by atoms with van der Waals surface area (Å²) in [5.41, 5.74) is 2.34. The Labute approximate surface area is 191 Å². The van der Waals surface area contributed by atoms with E-state index in [9.17, 15) is 14.4 Å². The van der Waals surface area contributed by atoms with Gasteiger partial charge in [-0.25, -0.2) is 14.6 Å². The number of amides is 4. The minimum Gasteiger partial charge on any atom is -0.450 e. The summed E-state index contributed by atoms with van der Waals surface area (Å²) >= 11 is 1.27. The molecule has 3 rings (SSSR count). The Bertz CT molecular complexity index is 938. The zero-order chi connectivity index (χ0) is 23.1. The van der Waals surface area contributed by atoms with E-state index in [1.165, 1.54) is 11.3 Å². The van der Waals surface area contributed by atoms with Crippen LogP contribution in [0.15, 0.2) is 29.6 Å². The summed E-state index contributed by atoms with van der Waals surface area (Å²) in [7, 11) is 3.91. The molecule has 0 unspecified atom stereocenters. The minimum absolute atomic E-state index is 0.111. The van der Waals surface area contributed by atoms with E-state index in [-0.39, 0.29) is 24.5 Å². The van der Waals surface area contributed by atoms with E-state index >= 15 is 0 Å². The number of hydrogen-bond acceptors (Lipinski definition) is 7. The third-order valence-corrected chi connectivity index (χ3v) is 5.67. The summed E-state index contributed by atoms with van der Waals surface area (Å²) in [4.78, 5) is 46.1. The Morgan fingerprint density at radius 2 is 1.72 bits per heavy atom. The Balaban J connectivity index is 1.45. The Hall–Kier alpha value is -3.34. The molecule has 1 fully saturated rings. The standard InChI is InChI=1S/C21H28N6O4S/c1-4-31-21(30)27-11-9-26(10-12-27)20(29)24-19-23-16(14-32-19)13-18(28)22-15-5-7-17(8-6-15)25(2)3/h5-8,14H,4,9-13H2,1-3H3,(H,22,28)(H,23,24,29). The molecule has 1 aromatic heterocycles. The van der Waals surface area contributed by atoms with Gasteiger partial charge in [0.15, 0.2) is 5.13 Å². The largest absolute Gasteiger partial charge is 0.450 e. The number of hydrogen-bond donors (Lipinski definition) is 2. The number of rotatable bonds is 6. The quantitative estimate of drug-likeness (QED) is 0.686. The molecule has 10 nitrogen and oxygen atoms in total. The molecule has 2 aromatic rings. The number of ether oxygens (including phenoxy) is 1. The van der Waals surface area contributed by atoms with E-state index in [1.807, 2.05) is 43.3 Å². The SMILES string of the molecule is CCOC(=O)N1CCN(C(=O)Nc2nc(CC(=O)Nc3ccc(N(C)C)cc3)cs2)CC1. The molecular formula is C21H28N6O4S. The van der Waals surface area contributed by atoms with Gasteiger partial charge in [0, 0.05) is 57.0 Å². The van der Waals surface area contributed by atoms with Crippen molar-refractivity contribution < 1.29 is 19.1 Å². The highest BCUT2D eigenvalue weighted by Crippen LogP contribution is 2.19. The molecule has 32 heavy (non-hydrogen) atoms. The maximum Gasteiger partial charge on any atom is 0.409 e. The third kappa shape index (κ3) is 6.33. The van der Waals surface area contributed by atoms with Crippen molar-refractivity contribution in [3.8, 4) is 0 Å². The molecule has 0 saturated carbocycles. The van der Waals surface area contributed by atoms with Crippen LogP contribution in [-0.4, -0.2) is 79.7 Å². The number of nitrogens with zero attached hydrogens (tertiary/aromatic N) is 4. The van der Waals surface area contributed by atoms with Gasteiger partial charge in [0.2, 0.25) is 5.91 Å². The molecule has 0 spiro atoms. The average Bonchev–Trinajstić information content (AvgIpc) is 3.20. The predicted molar refractivity (Wildman–Crippen MR) is 124 cm³/mol. The monoisotopic (exact) mass is 460 g/mol. The van der Waals surface area contributed by atoms with Gasteiger partial charge in [-0.05, 0) is 31.2 Å². The second-order valence-corrected chi connectivity index (χ2v) is 8.27. The van der Waals surface area contributed by atoms with Crippen LogP contribution >= 0.6 is 11.3 Å². The van der Waals surface area contributed by atoms with Gasteiger partial charge in [0.1, 0.15) is 0 Å². The zero-order valence-electron chi connectivity index (χ0n) is 18.5. The van der Waals surface area contributed by atoms with Crippen molar-refractivity contribution in [2.45, 2.75) is 13.3 Å². The summed E-state index contributed by atoms with van der Waals surface area (Å²) in [6.45, 7) is 3.76. The summed E-state index contributed by atoms with van der Waals surface area (Å²) in [6.07, 6.45) is -0.246. The van der Waals surface area contributed by atoms with Crippen LogP contribution in [0.3, 0.4) is 0 Å². The van der Waals surface area contributed by atoms with E-state index < -0.39 is 0 Å². The number of anilines is 3. The van der Waals surface area contributed by atoms with Crippen molar-refractivity contribution >= 4 is 45.9 Å². The molecule has 2 heterocycles.